The van der Waals surface area contributed by atoms with Gasteiger partial charge >= 0.3 is 5.97 Å². The van der Waals surface area contributed by atoms with Gasteiger partial charge in [-0.15, -0.1) is 11.3 Å². The van der Waals surface area contributed by atoms with Crippen LogP contribution >= 0.6 is 11.3 Å². The molecule has 2 aromatic heterocycles. The van der Waals surface area contributed by atoms with E-state index in [9.17, 15) is 4.79 Å². The molecule has 0 aliphatic heterocycles. The van der Waals surface area contributed by atoms with E-state index >= 15 is 0 Å². The first-order valence-electron chi connectivity index (χ1n) is 7.31. The number of aromatic carboxylic acids is 1. The highest BCUT2D eigenvalue weighted by molar-refractivity contribution is 7.09. The van der Waals surface area contributed by atoms with Gasteiger partial charge in [0, 0.05) is 11.8 Å². The van der Waals surface area contributed by atoms with Crippen molar-refractivity contribution in [2.24, 2.45) is 0 Å². The average Bonchev–Trinajstić information content (AvgIpc) is 3.11. The molecule has 5 nitrogen and oxygen atoms in total. The number of benzene rings is 1. The number of carboxylic acid groups (broad SMARTS) is 1. The van der Waals surface area contributed by atoms with Gasteiger partial charge in [-0.1, -0.05) is 25.5 Å². The molecule has 1 N–H and O–H groups in total. The van der Waals surface area contributed by atoms with Crippen LogP contribution in [0, 0.1) is 0 Å². The van der Waals surface area contributed by atoms with Crippen LogP contribution in [0.2, 0.25) is 0 Å². The van der Waals surface area contributed by atoms with Crippen molar-refractivity contribution in [1.29, 1.82) is 0 Å². The summed E-state index contributed by atoms with van der Waals surface area (Å²) in [6.07, 6.45) is 3.12. The van der Waals surface area contributed by atoms with Gasteiger partial charge in [0.1, 0.15) is 10.8 Å². The molecule has 0 bridgehead atoms. The van der Waals surface area contributed by atoms with Gasteiger partial charge in [-0.25, -0.2) is 14.8 Å². The standard InChI is InChI=1S/C16H17N3O2S/c1-2-3-8-14-17-11-6-4-5-7-13(11)19(14)9-15-18-12(10-22-15)16(20)21/h4-7,10H,2-3,8-9H2,1H3,(H,20,21). The minimum absolute atomic E-state index is 0.111. The Bertz CT molecular complexity index is 807. The zero-order chi connectivity index (χ0) is 15.5. The van der Waals surface area contributed by atoms with Gasteiger partial charge in [0.15, 0.2) is 5.69 Å². The summed E-state index contributed by atoms with van der Waals surface area (Å²) in [7, 11) is 0. The van der Waals surface area contributed by atoms with Crippen LogP contribution in [0.3, 0.4) is 0 Å². The Hall–Kier alpha value is -2.21. The quantitative estimate of drug-likeness (QED) is 0.755. The Morgan fingerprint density at radius 1 is 1.32 bits per heavy atom. The highest BCUT2D eigenvalue weighted by atomic mass is 32.1. The molecule has 114 valence electrons. The number of imidazole rings is 1. The lowest BCUT2D eigenvalue weighted by Crippen LogP contribution is -2.06. The normalized spacial score (nSPS) is 11.1. The van der Waals surface area contributed by atoms with Crippen LogP contribution in [0.4, 0.5) is 0 Å². The van der Waals surface area contributed by atoms with E-state index in [-0.39, 0.29) is 5.69 Å². The maximum absolute atomic E-state index is 11.0. The second-order valence-electron chi connectivity index (χ2n) is 5.14. The molecular formula is C16H17N3O2S. The van der Waals surface area contributed by atoms with E-state index < -0.39 is 5.97 Å². The fraction of sp³-hybridized carbons (Fsp3) is 0.312. The number of hydrogen-bond donors (Lipinski definition) is 1. The number of fused-ring (bicyclic) bond motifs is 1. The van der Waals surface area contributed by atoms with Crippen molar-refractivity contribution in [3.05, 3.63) is 46.2 Å². The minimum atomic E-state index is -0.982. The molecule has 0 aliphatic rings. The summed E-state index contributed by atoms with van der Waals surface area (Å²) in [6.45, 7) is 2.73. The topological polar surface area (TPSA) is 68.0 Å². The maximum Gasteiger partial charge on any atom is 0.355 e. The van der Waals surface area contributed by atoms with E-state index in [1.165, 1.54) is 11.3 Å². The molecule has 22 heavy (non-hydrogen) atoms. The molecule has 2 heterocycles. The van der Waals surface area contributed by atoms with Crippen molar-refractivity contribution in [3.63, 3.8) is 0 Å². The Morgan fingerprint density at radius 2 is 2.14 bits per heavy atom. The van der Waals surface area contributed by atoms with Gasteiger partial charge in [-0.05, 0) is 18.6 Å². The first-order chi connectivity index (χ1) is 10.7. The third-order valence-electron chi connectivity index (χ3n) is 3.55. The van der Waals surface area contributed by atoms with Crippen LogP contribution in [0.5, 0.6) is 0 Å². The van der Waals surface area contributed by atoms with Gasteiger partial charge in [-0.2, -0.15) is 0 Å². The second-order valence-corrected chi connectivity index (χ2v) is 6.08. The maximum atomic E-state index is 11.0. The third-order valence-corrected chi connectivity index (χ3v) is 4.39. The van der Waals surface area contributed by atoms with Crippen molar-refractivity contribution in [2.75, 3.05) is 0 Å². The lowest BCUT2D eigenvalue weighted by molar-refractivity contribution is 0.0691. The molecule has 3 rings (SSSR count). The fourth-order valence-corrected chi connectivity index (χ4v) is 3.20. The van der Waals surface area contributed by atoms with Gasteiger partial charge < -0.3 is 9.67 Å². The van der Waals surface area contributed by atoms with E-state index in [0.29, 0.717) is 6.54 Å². The van der Waals surface area contributed by atoms with Crippen LogP contribution < -0.4 is 0 Å². The van der Waals surface area contributed by atoms with Gasteiger partial charge in [-0.3, -0.25) is 0 Å². The summed E-state index contributed by atoms with van der Waals surface area (Å²) in [5.74, 6) is 0.0549. The number of aryl methyl sites for hydroxylation is 1. The molecule has 0 amide bonds. The second kappa shape index (κ2) is 6.27. The van der Waals surface area contributed by atoms with Crippen molar-refractivity contribution in [1.82, 2.24) is 14.5 Å². The van der Waals surface area contributed by atoms with Crippen molar-refractivity contribution in [3.8, 4) is 0 Å². The number of carbonyl (C=O) groups is 1. The summed E-state index contributed by atoms with van der Waals surface area (Å²) >= 11 is 1.38. The summed E-state index contributed by atoms with van der Waals surface area (Å²) in [4.78, 5) is 19.9. The molecule has 0 radical (unpaired) electrons. The van der Waals surface area contributed by atoms with Crippen molar-refractivity contribution >= 4 is 28.3 Å². The number of rotatable bonds is 6. The van der Waals surface area contributed by atoms with Crippen molar-refractivity contribution in [2.45, 2.75) is 32.7 Å². The monoisotopic (exact) mass is 315 g/mol. The summed E-state index contributed by atoms with van der Waals surface area (Å²) in [5, 5.41) is 11.4. The van der Waals surface area contributed by atoms with E-state index in [2.05, 4.69) is 16.5 Å². The number of unbranched alkanes of at least 4 members (excludes halogenated alkanes) is 1. The SMILES string of the molecule is CCCCc1nc2ccccc2n1Cc1nc(C(=O)O)cs1. The third kappa shape index (κ3) is 2.87. The highest BCUT2D eigenvalue weighted by Crippen LogP contribution is 2.20. The lowest BCUT2D eigenvalue weighted by Gasteiger charge is -2.07. The van der Waals surface area contributed by atoms with E-state index in [4.69, 9.17) is 10.1 Å². The van der Waals surface area contributed by atoms with Gasteiger partial charge in [0.25, 0.3) is 0 Å². The number of nitrogens with zero attached hydrogens (tertiary/aromatic N) is 3. The summed E-state index contributed by atoms with van der Waals surface area (Å²) in [5.41, 5.74) is 2.16. The molecule has 0 spiro atoms. The van der Waals surface area contributed by atoms with E-state index in [1.54, 1.807) is 5.38 Å². The number of thiazole rings is 1. The van der Waals surface area contributed by atoms with Gasteiger partial charge in [0.2, 0.25) is 0 Å². The zero-order valence-corrected chi connectivity index (χ0v) is 13.1. The first kappa shape index (κ1) is 14.7. The molecule has 0 fully saturated rings. The Kier molecular flexibility index (Phi) is 4.20. The predicted octanol–water partition coefficient (Wildman–Crippen LogP) is 3.58. The molecule has 0 saturated carbocycles. The molecule has 0 atom stereocenters. The molecule has 0 saturated heterocycles. The number of para-hydroxylation sites is 2. The molecule has 6 heteroatoms. The summed E-state index contributed by atoms with van der Waals surface area (Å²) in [6, 6.07) is 8.03. The Morgan fingerprint density at radius 3 is 2.86 bits per heavy atom. The number of aromatic nitrogens is 3. The average molecular weight is 315 g/mol. The van der Waals surface area contributed by atoms with Crippen LogP contribution in [-0.4, -0.2) is 25.6 Å². The Labute approximate surface area is 132 Å². The number of carboxylic acids is 1. The molecule has 3 aromatic rings. The first-order valence-corrected chi connectivity index (χ1v) is 8.19. The van der Waals surface area contributed by atoms with Crippen LogP contribution in [0.15, 0.2) is 29.6 Å². The molecular weight excluding hydrogens is 298 g/mol. The predicted molar refractivity (Wildman–Crippen MR) is 86.5 cm³/mol. The van der Waals surface area contributed by atoms with E-state index in [1.807, 2.05) is 24.3 Å². The summed E-state index contributed by atoms with van der Waals surface area (Å²) < 4.78 is 2.15. The number of hydrogen-bond acceptors (Lipinski definition) is 4. The fourth-order valence-electron chi connectivity index (χ4n) is 2.44. The van der Waals surface area contributed by atoms with E-state index in [0.717, 1.165) is 41.1 Å². The van der Waals surface area contributed by atoms with Gasteiger partial charge in [0.05, 0.1) is 17.6 Å². The Balaban J connectivity index is 1.97. The highest BCUT2D eigenvalue weighted by Gasteiger charge is 2.14. The van der Waals surface area contributed by atoms with Crippen LogP contribution in [0.25, 0.3) is 11.0 Å². The van der Waals surface area contributed by atoms with Crippen LogP contribution in [-0.2, 0) is 13.0 Å². The minimum Gasteiger partial charge on any atom is -0.476 e. The molecule has 0 unspecified atom stereocenters. The van der Waals surface area contributed by atoms with Crippen molar-refractivity contribution < 1.29 is 9.90 Å². The zero-order valence-electron chi connectivity index (χ0n) is 12.3. The lowest BCUT2D eigenvalue weighted by atomic mass is 10.2. The smallest absolute Gasteiger partial charge is 0.355 e. The molecule has 1 aromatic carbocycles. The largest absolute Gasteiger partial charge is 0.476 e. The molecule has 0 aliphatic carbocycles. The van der Waals surface area contributed by atoms with Crippen LogP contribution in [0.1, 0.15) is 41.1 Å².